The van der Waals surface area contributed by atoms with Gasteiger partial charge in [0.1, 0.15) is 22.6 Å². The van der Waals surface area contributed by atoms with E-state index in [2.05, 4.69) is 36.9 Å². The Bertz CT molecular complexity index is 1170. The molecule has 2 aromatic rings. The molecule has 0 spiro atoms. The zero-order chi connectivity index (χ0) is 27.0. The van der Waals surface area contributed by atoms with Crippen molar-refractivity contribution in [1.29, 1.82) is 0 Å². The number of hydrogen-bond donors (Lipinski definition) is 0. The summed E-state index contributed by atoms with van der Waals surface area (Å²) in [5, 5.41) is 0.417. The standard InChI is InChI=1S/C27H33BrN4O4S/c1-25(2,3)35-23(33)21(24(34)36-26(4,5)6)22-31-27(17-8-7-9-19(28)12-17)16-32(14-18(27)15-37-22)20-13-29-10-11-30-20/h7-13,18,21H,14-16H2,1-6H3/t18-,27+/m0/s1. The first-order valence-corrected chi connectivity index (χ1v) is 14.0. The second kappa shape index (κ2) is 10.4. The fourth-order valence-corrected chi connectivity index (χ4v) is 6.32. The van der Waals surface area contributed by atoms with Crippen LogP contribution in [0.25, 0.3) is 0 Å². The number of rotatable bonds is 5. The van der Waals surface area contributed by atoms with Gasteiger partial charge in [0.15, 0.2) is 0 Å². The van der Waals surface area contributed by atoms with E-state index in [1.807, 2.05) is 18.2 Å². The largest absolute Gasteiger partial charge is 0.459 e. The van der Waals surface area contributed by atoms with Gasteiger partial charge in [-0.05, 0) is 59.2 Å². The van der Waals surface area contributed by atoms with Crippen LogP contribution < -0.4 is 4.90 Å². The average molecular weight is 590 g/mol. The van der Waals surface area contributed by atoms with Crippen molar-refractivity contribution in [1.82, 2.24) is 9.97 Å². The molecule has 0 bridgehead atoms. The van der Waals surface area contributed by atoms with Gasteiger partial charge in [-0.1, -0.05) is 28.1 Å². The molecule has 0 amide bonds. The molecule has 0 N–H and O–H groups in total. The molecule has 3 heterocycles. The van der Waals surface area contributed by atoms with Gasteiger partial charge < -0.3 is 14.4 Å². The number of thioether (sulfide) groups is 1. The Balaban J connectivity index is 1.81. The van der Waals surface area contributed by atoms with Crippen LogP contribution in [0.5, 0.6) is 0 Å². The number of esters is 2. The fourth-order valence-electron chi connectivity index (χ4n) is 4.58. The third-order valence-electron chi connectivity index (χ3n) is 6.02. The van der Waals surface area contributed by atoms with Crippen molar-refractivity contribution >= 4 is 50.5 Å². The highest BCUT2D eigenvalue weighted by Gasteiger charge is 2.53. The molecule has 198 valence electrons. The lowest BCUT2D eigenvalue weighted by atomic mass is 9.81. The number of carbonyl (C=O) groups excluding carboxylic acids is 2. The lowest BCUT2D eigenvalue weighted by Gasteiger charge is -2.37. The van der Waals surface area contributed by atoms with Gasteiger partial charge >= 0.3 is 11.9 Å². The lowest BCUT2D eigenvalue weighted by Crippen LogP contribution is -2.45. The molecule has 37 heavy (non-hydrogen) atoms. The summed E-state index contributed by atoms with van der Waals surface area (Å²) in [4.78, 5) is 43.0. The van der Waals surface area contributed by atoms with Gasteiger partial charge in [0.05, 0.1) is 11.2 Å². The number of carbonyl (C=O) groups is 2. The minimum atomic E-state index is -1.26. The summed E-state index contributed by atoms with van der Waals surface area (Å²) in [5.41, 5.74) is -1.22. The maximum absolute atomic E-state index is 13.4. The maximum Gasteiger partial charge on any atom is 0.327 e. The maximum atomic E-state index is 13.4. The molecular weight excluding hydrogens is 556 g/mol. The van der Waals surface area contributed by atoms with Crippen LogP contribution in [0.2, 0.25) is 0 Å². The van der Waals surface area contributed by atoms with Gasteiger partial charge in [0.25, 0.3) is 0 Å². The van der Waals surface area contributed by atoms with Crippen molar-refractivity contribution in [2.75, 3.05) is 23.7 Å². The molecule has 2 aliphatic rings. The van der Waals surface area contributed by atoms with Crippen molar-refractivity contribution in [3.05, 3.63) is 52.9 Å². The molecule has 1 aromatic carbocycles. The summed E-state index contributed by atoms with van der Waals surface area (Å²) in [6.07, 6.45) is 5.07. The highest BCUT2D eigenvalue weighted by atomic mass is 79.9. The molecule has 10 heteroatoms. The van der Waals surface area contributed by atoms with Crippen LogP contribution >= 0.6 is 27.7 Å². The molecule has 0 unspecified atom stereocenters. The van der Waals surface area contributed by atoms with Crippen molar-refractivity contribution < 1.29 is 19.1 Å². The van der Waals surface area contributed by atoms with Crippen LogP contribution in [0.15, 0.2) is 52.3 Å². The molecular formula is C27H33BrN4O4S. The first-order valence-electron chi connectivity index (χ1n) is 12.2. The number of nitrogens with zero attached hydrogens (tertiary/aromatic N) is 4. The van der Waals surface area contributed by atoms with Gasteiger partial charge in [-0.15, -0.1) is 11.8 Å². The van der Waals surface area contributed by atoms with E-state index in [1.165, 1.54) is 11.8 Å². The van der Waals surface area contributed by atoms with E-state index in [4.69, 9.17) is 14.5 Å². The van der Waals surface area contributed by atoms with Crippen molar-refractivity contribution in [3.8, 4) is 0 Å². The third kappa shape index (κ3) is 6.34. The number of fused-ring (bicyclic) bond motifs is 1. The van der Waals surface area contributed by atoms with Crippen molar-refractivity contribution in [2.24, 2.45) is 16.8 Å². The summed E-state index contributed by atoms with van der Waals surface area (Å²) in [5.74, 6) is -1.01. The van der Waals surface area contributed by atoms with E-state index >= 15 is 0 Å². The van der Waals surface area contributed by atoms with Crippen LogP contribution in [-0.2, 0) is 24.6 Å². The number of benzene rings is 1. The van der Waals surface area contributed by atoms with Crippen LogP contribution in [0.1, 0.15) is 47.1 Å². The van der Waals surface area contributed by atoms with Crippen LogP contribution in [0.3, 0.4) is 0 Å². The number of ether oxygens (including phenoxy) is 2. The second-order valence-corrected chi connectivity index (χ2v) is 13.3. The van der Waals surface area contributed by atoms with Crippen LogP contribution in [0.4, 0.5) is 5.82 Å². The molecule has 0 saturated carbocycles. The summed E-state index contributed by atoms with van der Waals surface area (Å²) in [6.45, 7) is 11.9. The topological polar surface area (TPSA) is 94.0 Å². The van der Waals surface area contributed by atoms with Crippen molar-refractivity contribution in [3.63, 3.8) is 0 Å². The van der Waals surface area contributed by atoms with E-state index in [0.29, 0.717) is 17.3 Å². The first kappa shape index (κ1) is 27.6. The number of anilines is 1. The molecule has 1 fully saturated rings. The Morgan fingerprint density at radius 3 is 2.35 bits per heavy atom. The van der Waals surface area contributed by atoms with Gasteiger partial charge in [-0.2, -0.15) is 0 Å². The molecule has 4 rings (SSSR count). The SMILES string of the molecule is CC(C)(C)OC(=O)C(C(=O)OC(C)(C)C)C1=N[C@@]2(c3cccc(Br)c3)CN(c3cnccn3)C[C@H]2CS1. The Morgan fingerprint density at radius 2 is 1.78 bits per heavy atom. The molecule has 2 aliphatic heterocycles. The Kier molecular flexibility index (Phi) is 7.72. The van der Waals surface area contributed by atoms with Crippen LogP contribution in [-0.4, -0.2) is 57.0 Å². The summed E-state index contributed by atoms with van der Waals surface area (Å²) in [6, 6.07) is 8.05. The predicted molar refractivity (Wildman–Crippen MR) is 149 cm³/mol. The number of hydrogen-bond acceptors (Lipinski definition) is 9. The lowest BCUT2D eigenvalue weighted by molar-refractivity contribution is -0.170. The zero-order valence-corrected chi connectivity index (χ0v) is 24.4. The smallest absolute Gasteiger partial charge is 0.327 e. The monoisotopic (exact) mass is 588 g/mol. The Morgan fingerprint density at radius 1 is 1.11 bits per heavy atom. The highest BCUT2D eigenvalue weighted by Crippen LogP contribution is 2.48. The predicted octanol–water partition coefficient (Wildman–Crippen LogP) is 5.02. The number of halogens is 1. The van der Waals surface area contributed by atoms with E-state index in [0.717, 1.165) is 22.4 Å². The average Bonchev–Trinajstić information content (AvgIpc) is 3.18. The molecule has 8 nitrogen and oxygen atoms in total. The van der Waals surface area contributed by atoms with Gasteiger partial charge in [-0.25, -0.2) is 4.98 Å². The third-order valence-corrected chi connectivity index (χ3v) is 7.71. The number of aromatic nitrogens is 2. The van der Waals surface area contributed by atoms with Gasteiger partial charge in [0, 0.05) is 41.6 Å². The molecule has 0 radical (unpaired) electrons. The molecule has 0 aliphatic carbocycles. The second-order valence-electron chi connectivity index (χ2n) is 11.3. The minimum Gasteiger partial charge on any atom is -0.459 e. The Hall–Kier alpha value is -2.46. The number of aliphatic imine (C=N–C) groups is 1. The van der Waals surface area contributed by atoms with Gasteiger partial charge in [0.2, 0.25) is 5.92 Å². The zero-order valence-electron chi connectivity index (χ0n) is 22.0. The molecule has 1 saturated heterocycles. The minimum absolute atomic E-state index is 0.121. The van der Waals surface area contributed by atoms with E-state index < -0.39 is 34.6 Å². The first-order chi connectivity index (χ1) is 17.3. The Labute approximate surface area is 230 Å². The highest BCUT2D eigenvalue weighted by molar-refractivity contribution is 9.10. The summed E-state index contributed by atoms with van der Waals surface area (Å²) >= 11 is 5.03. The normalized spacial score (nSPS) is 21.9. The van der Waals surface area contributed by atoms with Crippen LogP contribution in [0, 0.1) is 11.8 Å². The summed E-state index contributed by atoms with van der Waals surface area (Å²) in [7, 11) is 0. The summed E-state index contributed by atoms with van der Waals surface area (Å²) < 4.78 is 12.3. The van der Waals surface area contributed by atoms with E-state index in [-0.39, 0.29) is 5.92 Å². The molecule has 1 aromatic heterocycles. The van der Waals surface area contributed by atoms with E-state index in [1.54, 1.807) is 60.1 Å². The van der Waals surface area contributed by atoms with Crippen molar-refractivity contribution in [2.45, 2.75) is 58.3 Å². The van der Waals surface area contributed by atoms with Gasteiger partial charge in [-0.3, -0.25) is 19.6 Å². The molecule has 2 atom stereocenters. The fraction of sp³-hybridized carbons (Fsp3) is 0.519. The quantitative estimate of drug-likeness (QED) is 0.355. The van der Waals surface area contributed by atoms with E-state index in [9.17, 15) is 9.59 Å².